The van der Waals surface area contributed by atoms with Gasteiger partial charge in [0.05, 0.1) is 12.7 Å². The molecule has 0 aliphatic carbocycles. The van der Waals surface area contributed by atoms with Gasteiger partial charge >= 0.3 is 5.97 Å². The molecule has 0 amide bonds. The minimum absolute atomic E-state index is 0.203. The van der Waals surface area contributed by atoms with Gasteiger partial charge in [0.2, 0.25) is 0 Å². The molecule has 2 saturated heterocycles. The van der Waals surface area contributed by atoms with Crippen molar-refractivity contribution in [3.8, 4) is 5.75 Å². The van der Waals surface area contributed by atoms with Crippen LogP contribution in [0.3, 0.4) is 0 Å². The second kappa shape index (κ2) is 8.26. The minimum Gasteiger partial charge on any atom is -0.496 e. The maximum Gasteiger partial charge on any atom is 0.335 e. The number of aromatic carboxylic acids is 1. The maximum atomic E-state index is 11.3. The number of aromatic nitrogens is 1. The number of carboxylic acid groups (broad SMARTS) is 1. The zero-order chi connectivity index (χ0) is 22.4. The van der Waals surface area contributed by atoms with Gasteiger partial charge < -0.3 is 14.8 Å². The average molecular weight is 434 g/mol. The summed E-state index contributed by atoms with van der Waals surface area (Å²) in [6.45, 7) is 7.19. The first kappa shape index (κ1) is 21.0. The molecular formula is C26H31N3O3. The van der Waals surface area contributed by atoms with E-state index in [9.17, 15) is 9.90 Å². The number of fused-ring (bicyclic) bond motifs is 2. The first-order valence-corrected chi connectivity index (χ1v) is 11.4. The molecule has 2 aliphatic rings. The first-order valence-electron chi connectivity index (χ1n) is 11.4. The predicted molar refractivity (Wildman–Crippen MR) is 125 cm³/mol. The zero-order valence-corrected chi connectivity index (χ0v) is 19.0. The Morgan fingerprint density at radius 1 is 1.19 bits per heavy atom. The molecule has 3 heterocycles. The van der Waals surface area contributed by atoms with Crippen molar-refractivity contribution < 1.29 is 14.6 Å². The summed E-state index contributed by atoms with van der Waals surface area (Å²) in [6.07, 6.45) is 4.46. The summed E-state index contributed by atoms with van der Waals surface area (Å²) < 4.78 is 5.82. The summed E-state index contributed by atoms with van der Waals surface area (Å²) in [7, 11) is 1.75. The number of benzene rings is 2. The number of nitrogens with zero attached hydrogens (tertiary/aromatic N) is 2. The van der Waals surface area contributed by atoms with Crippen LogP contribution in [0.1, 0.15) is 52.9 Å². The van der Waals surface area contributed by atoms with E-state index in [1.807, 2.05) is 18.3 Å². The minimum atomic E-state index is -0.885. The third-order valence-electron chi connectivity index (χ3n) is 7.46. The van der Waals surface area contributed by atoms with E-state index in [1.54, 1.807) is 19.2 Å². The molecule has 3 atom stereocenters. The van der Waals surface area contributed by atoms with Crippen LogP contribution in [0.5, 0.6) is 5.75 Å². The van der Waals surface area contributed by atoms with Gasteiger partial charge in [0, 0.05) is 60.4 Å². The maximum absolute atomic E-state index is 11.3. The number of hydrogen-bond donors (Lipinski definition) is 2. The second-order valence-corrected chi connectivity index (χ2v) is 9.29. The highest BCUT2D eigenvalue weighted by Gasteiger charge is 2.40. The van der Waals surface area contributed by atoms with Crippen LogP contribution < -0.4 is 4.74 Å². The van der Waals surface area contributed by atoms with Crippen molar-refractivity contribution in [3.05, 3.63) is 64.8 Å². The lowest BCUT2D eigenvalue weighted by Crippen LogP contribution is -2.53. The fourth-order valence-corrected chi connectivity index (χ4v) is 5.69. The Morgan fingerprint density at radius 3 is 2.69 bits per heavy atom. The van der Waals surface area contributed by atoms with Crippen LogP contribution in [0.25, 0.3) is 10.9 Å². The molecule has 32 heavy (non-hydrogen) atoms. The van der Waals surface area contributed by atoms with Crippen molar-refractivity contribution in [2.24, 2.45) is 0 Å². The van der Waals surface area contributed by atoms with Crippen LogP contribution in [0, 0.1) is 6.92 Å². The highest BCUT2D eigenvalue weighted by atomic mass is 16.5. The number of ether oxygens (including phenoxy) is 1. The number of hydrogen-bond acceptors (Lipinski definition) is 4. The molecular weight excluding hydrogens is 402 g/mol. The number of aryl methyl sites for hydroxylation is 1. The van der Waals surface area contributed by atoms with E-state index >= 15 is 0 Å². The predicted octanol–water partition coefficient (Wildman–Crippen LogP) is 4.59. The molecule has 2 aromatic carbocycles. The molecule has 168 valence electrons. The standard InChI is InChI=1S/C26H31N3O3/c1-16-12-24(32-3)22(21-10-11-27-25(16)21)14-28-13-20-9-4-17(2)29(20)15-23(28)18-5-7-19(8-6-18)26(30)31/h5-8,10-12,17,20,23,27H,4,9,13-15H2,1-3H3,(H,30,31)/t17-,20?,23?/m1/s1. The van der Waals surface area contributed by atoms with E-state index in [0.29, 0.717) is 17.6 Å². The van der Waals surface area contributed by atoms with Crippen LogP contribution in [0.15, 0.2) is 42.6 Å². The summed E-state index contributed by atoms with van der Waals surface area (Å²) >= 11 is 0. The number of methoxy groups -OCH3 is 1. The van der Waals surface area contributed by atoms with Gasteiger partial charge in [-0.3, -0.25) is 9.80 Å². The molecule has 6 nitrogen and oxygen atoms in total. The van der Waals surface area contributed by atoms with E-state index < -0.39 is 5.97 Å². The third-order valence-corrected chi connectivity index (χ3v) is 7.46. The Labute approximate surface area is 188 Å². The Morgan fingerprint density at radius 2 is 1.97 bits per heavy atom. The van der Waals surface area contributed by atoms with Gasteiger partial charge in [0.15, 0.2) is 0 Å². The summed E-state index contributed by atoms with van der Waals surface area (Å²) in [6, 6.07) is 13.1. The van der Waals surface area contributed by atoms with Crippen molar-refractivity contribution in [1.29, 1.82) is 0 Å². The highest BCUT2D eigenvalue weighted by molar-refractivity contribution is 5.88. The van der Waals surface area contributed by atoms with Gasteiger partial charge in [-0.25, -0.2) is 4.79 Å². The summed E-state index contributed by atoms with van der Waals surface area (Å²) in [4.78, 5) is 19.9. The van der Waals surface area contributed by atoms with Crippen LogP contribution >= 0.6 is 0 Å². The zero-order valence-electron chi connectivity index (χ0n) is 19.0. The number of carbonyl (C=O) groups is 1. The molecule has 0 radical (unpaired) electrons. The summed E-state index contributed by atoms with van der Waals surface area (Å²) in [5, 5.41) is 10.5. The Balaban J connectivity index is 1.53. The quantitative estimate of drug-likeness (QED) is 0.616. The average Bonchev–Trinajstić information content (AvgIpc) is 3.42. The molecule has 3 aromatic rings. The van der Waals surface area contributed by atoms with Crippen molar-refractivity contribution in [2.45, 2.75) is 51.4 Å². The van der Waals surface area contributed by atoms with E-state index in [0.717, 1.165) is 30.9 Å². The monoisotopic (exact) mass is 433 g/mol. The molecule has 1 aromatic heterocycles. The number of aromatic amines is 1. The lowest BCUT2D eigenvalue weighted by atomic mass is 9.96. The normalized spacial score (nSPS) is 24.0. The van der Waals surface area contributed by atoms with E-state index in [1.165, 1.54) is 34.9 Å². The second-order valence-electron chi connectivity index (χ2n) is 9.29. The molecule has 5 rings (SSSR count). The number of rotatable bonds is 5. The largest absolute Gasteiger partial charge is 0.496 e. The molecule has 2 unspecified atom stereocenters. The smallest absolute Gasteiger partial charge is 0.335 e. The van der Waals surface area contributed by atoms with Crippen molar-refractivity contribution >= 4 is 16.9 Å². The van der Waals surface area contributed by atoms with Crippen LogP contribution in [0.4, 0.5) is 0 Å². The lowest BCUT2D eigenvalue weighted by Gasteiger charge is -2.45. The fraction of sp³-hybridized carbons (Fsp3) is 0.423. The number of nitrogens with one attached hydrogen (secondary N) is 1. The SMILES string of the molecule is COc1cc(C)c2[nH]ccc2c1CN1CC2CC[C@@H](C)N2CC1c1ccc(C(=O)O)cc1. The molecule has 2 N–H and O–H groups in total. The van der Waals surface area contributed by atoms with Crippen LogP contribution in [0.2, 0.25) is 0 Å². The molecule has 2 fully saturated rings. The summed E-state index contributed by atoms with van der Waals surface area (Å²) in [5.41, 5.74) is 5.06. The van der Waals surface area contributed by atoms with Gasteiger partial charge in [-0.2, -0.15) is 0 Å². The van der Waals surface area contributed by atoms with Gasteiger partial charge in [-0.15, -0.1) is 0 Å². The third kappa shape index (κ3) is 3.57. The van der Waals surface area contributed by atoms with Crippen LogP contribution in [-0.2, 0) is 6.54 Å². The van der Waals surface area contributed by atoms with Crippen molar-refractivity contribution in [1.82, 2.24) is 14.8 Å². The van der Waals surface area contributed by atoms with E-state index in [2.05, 4.69) is 40.8 Å². The van der Waals surface area contributed by atoms with Gasteiger partial charge in [0.25, 0.3) is 0 Å². The summed E-state index contributed by atoms with van der Waals surface area (Å²) in [5.74, 6) is 0.0429. The van der Waals surface area contributed by atoms with Gasteiger partial charge in [-0.05, 0) is 62.1 Å². The number of carboxylic acids is 1. The molecule has 2 aliphatic heterocycles. The topological polar surface area (TPSA) is 68.8 Å². The highest BCUT2D eigenvalue weighted by Crippen LogP contribution is 2.39. The molecule has 0 bridgehead atoms. The van der Waals surface area contributed by atoms with Crippen LogP contribution in [-0.4, -0.2) is 58.1 Å². The van der Waals surface area contributed by atoms with Gasteiger partial charge in [0.1, 0.15) is 5.75 Å². The Bertz CT molecular complexity index is 1140. The van der Waals surface area contributed by atoms with Crippen molar-refractivity contribution in [2.75, 3.05) is 20.2 Å². The van der Waals surface area contributed by atoms with Gasteiger partial charge in [-0.1, -0.05) is 12.1 Å². The molecule has 0 saturated carbocycles. The number of piperazine rings is 1. The Kier molecular flexibility index (Phi) is 5.43. The molecule has 0 spiro atoms. The first-order chi connectivity index (χ1) is 15.5. The van der Waals surface area contributed by atoms with E-state index in [4.69, 9.17) is 4.74 Å². The number of H-pyrrole nitrogens is 1. The fourth-order valence-electron chi connectivity index (χ4n) is 5.69. The molecule has 6 heteroatoms. The lowest BCUT2D eigenvalue weighted by molar-refractivity contribution is 0.0285. The van der Waals surface area contributed by atoms with Crippen molar-refractivity contribution in [3.63, 3.8) is 0 Å². The Hall–Kier alpha value is -2.83. The van der Waals surface area contributed by atoms with E-state index in [-0.39, 0.29) is 6.04 Å².